The van der Waals surface area contributed by atoms with E-state index < -0.39 is 5.41 Å². The van der Waals surface area contributed by atoms with Crippen LogP contribution in [0.4, 0.5) is 0 Å². The smallest absolute Gasteiger partial charge is 0.316 e. The van der Waals surface area contributed by atoms with Crippen molar-refractivity contribution in [3.63, 3.8) is 0 Å². The van der Waals surface area contributed by atoms with Gasteiger partial charge in [0.05, 0.1) is 5.41 Å². The van der Waals surface area contributed by atoms with Crippen LogP contribution >= 0.6 is 12.2 Å². The fraction of sp³-hybridized carbons (Fsp3) is 0.333. The Hall–Kier alpha value is -1.42. The highest BCUT2D eigenvalue weighted by atomic mass is 32.1. The van der Waals surface area contributed by atoms with Crippen LogP contribution in [0, 0.1) is 5.41 Å². The molecular weight excluding hydrogens is 222 g/mol. The summed E-state index contributed by atoms with van der Waals surface area (Å²) in [4.78, 5) is 11.9. The lowest BCUT2D eigenvalue weighted by molar-refractivity contribution is -0.142. The Labute approximate surface area is 101 Å². The van der Waals surface area contributed by atoms with Crippen molar-refractivity contribution in [2.75, 3.05) is 0 Å². The number of benzene rings is 1. The van der Waals surface area contributed by atoms with E-state index in [4.69, 9.17) is 22.7 Å². The maximum Gasteiger partial charge on any atom is 0.316 e. The summed E-state index contributed by atoms with van der Waals surface area (Å²) in [5, 5.41) is 0. The molecule has 0 aliphatic carbocycles. The second kappa shape index (κ2) is 4.61. The minimum absolute atomic E-state index is 0.268. The molecule has 0 saturated carbocycles. The first-order valence-electron chi connectivity index (χ1n) is 4.93. The minimum Gasteiger partial charge on any atom is -0.426 e. The molecule has 0 saturated heterocycles. The number of thiocarbonyl (C=S) groups is 1. The van der Waals surface area contributed by atoms with Crippen molar-refractivity contribution in [3.8, 4) is 5.75 Å². The molecule has 0 heterocycles. The van der Waals surface area contributed by atoms with Crippen LogP contribution in [0.2, 0.25) is 0 Å². The van der Waals surface area contributed by atoms with Crippen LogP contribution < -0.4 is 10.5 Å². The van der Waals surface area contributed by atoms with Gasteiger partial charge in [-0.2, -0.15) is 0 Å². The van der Waals surface area contributed by atoms with Crippen LogP contribution in [-0.2, 0) is 4.79 Å². The Morgan fingerprint density at radius 2 is 1.75 bits per heavy atom. The molecule has 3 nitrogen and oxygen atoms in total. The molecule has 16 heavy (non-hydrogen) atoms. The number of hydrogen-bond acceptors (Lipinski definition) is 3. The Balaban J connectivity index is 2.77. The van der Waals surface area contributed by atoms with Gasteiger partial charge in [-0.05, 0) is 45.0 Å². The molecule has 0 spiro atoms. The van der Waals surface area contributed by atoms with Crippen LogP contribution in [0.1, 0.15) is 26.3 Å². The SMILES string of the molecule is CC(C)(C)C(=O)Oc1ccc(C(N)=S)cc1. The number of carbonyl (C=O) groups is 1. The fourth-order valence-corrected chi connectivity index (χ4v) is 1.08. The first-order chi connectivity index (χ1) is 7.30. The van der Waals surface area contributed by atoms with Gasteiger partial charge in [0.25, 0.3) is 0 Å². The summed E-state index contributed by atoms with van der Waals surface area (Å²) in [5.74, 6) is 0.232. The highest BCUT2D eigenvalue weighted by Crippen LogP contribution is 2.19. The Bertz CT molecular complexity index is 404. The van der Waals surface area contributed by atoms with E-state index in [0.717, 1.165) is 5.56 Å². The van der Waals surface area contributed by atoms with Crippen molar-refractivity contribution in [3.05, 3.63) is 29.8 Å². The summed E-state index contributed by atoms with van der Waals surface area (Å²) in [6.07, 6.45) is 0. The van der Waals surface area contributed by atoms with Gasteiger partial charge < -0.3 is 10.5 Å². The Morgan fingerprint density at radius 1 is 1.25 bits per heavy atom. The Kier molecular flexibility index (Phi) is 3.65. The average Bonchev–Trinajstić information content (AvgIpc) is 2.17. The normalized spacial score (nSPS) is 10.9. The standard InChI is InChI=1S/C12H15NO2S/c1-12(2,3)11(14)15-9-6-4-8(5-7-9)10(13)16/h4-7H,1-3H3,(H2,13,16). The summed E-state index contributed by atoms with van der Waals surface area (Å²) < 4.78 is 5.19. The zero-order chi connectivity index (χ0) is 12.3. The number of carbonyl (C=O) groups excluding carboxylic acids is 1. The molecule has 0 aliphatic heterocycles. The third-order valence-electron chi connectivity index (χ3n) is 1.96. The molecule has 0 aliphatic rings. The van der Waals surface area contributed by atoms with Gasteiger partial charge in [0.15, 0.2) is 0 Å². The molecule has 0 atom stereocenters. The molecule has 0 radical (unpaired) electrons. The van der Waals surface area contributed by atoms with E-state index in [2.05, 4.69) is 0 Å². The summed E-state index contributed by atoms with van der Waals surface area (Å²) in [5.41, 5.74) is 5.70. The van der Waals surface area contributed by atoms with Crippen molar-refractivity contribution in [2.24, 2.45) is 11.1 Å². The van der Waals surface area contributed by atoms with Crippen molar-refractivity contribution in [1.82, 2.24) is 0 Å². The Morgan fingerprint density at radius 3 is 2.12 bits per heavy atom. The zero-order valence-corrected chi connectivity index (χ0v) is 10.4. The quantitative estimate of drug-likeness (QED) is 0.487. The van der Waals surface area contributed by atoms with Gasteiger partial charge >= 0.3 is 5.97 Å². The van der Waals surface area contributed by atoms with E-state index in [0.29, 0.717) is 10.7 Å². The third kappa shape index (κ3) is 3.31. The molecule has 1 rings (SSSR count). The molecule has 2 N–H and O–H groups in total. The highest BCUT2D eigenvalue weighted by Gasteiger charge is 2.23. The van der Waals surface area contributed by atoms with E-state index in [1.807, 2.05) is 0 Å². The van der Waals surface area contributed by atoms with E-state index in [9.17, 15) is 4.79 Å². The second-order valence-corrected chi connectivity index (χ2v) is 4.97. The molecule has 1 aromatic rings. The topological polar surface area (TPSA) is 52.3 Å². The molecular formula is C12H15NO2S. The summed E-state index contributed by atoms with van der Waals surface area (Å²) in [6.45, 7) is 5.41. The number of nitrogens with two attached hydrogens (primary N) is 1. The first-order valence-corrected chi connectivity index (χ1v) is 5.33. The van der Waals surface area contributed by atoms with E-state index in [1.165, 1.54) is 0 Å². The summed E-state index contributed by atoms with van der Waals surface area (Å²) in [6, 6.07) is 6.82. The maximum absolute atomic E-state index is 11.6. The monoisotopic (exact) mass is 237 g/mol. The van der Waals surface area contributed by atoms with Crippen molar-refractivity contribution in [1.29, 1.82) is 0 Å². The number of rotatable bonds is 2. The predicted octanol–water partition coefficient (Wildman–Crippen LogP) is 2.27. The number of hydrogen-bond donors (Lipinski definition) is 1. The van der Waals surface area contributed by atoms with Crippen molar-refractivity contribution >= 4 is 23.2 Å². The van der Waals surface area contributed by atoms with E-state index >= 15 is 0 Å². The summed E-state index contributed by atoms with van der Waals surface area (Å²) >= 11 is 4.82. The van der Waals surface area contributed by atoms with Gasteiger partial charge in [-0.25, -0.2) is 0 Å². The first kappa shape index (κ1) is 12.6. The second-order valence-electron chi connectivity index (χ2n) is 4.53. The lowest BCUT2D eigenvalue weighted by atomic mass is 9.97. The number of esters is 1. The highest BCUT2D eigenvalue weighted by molar-refractivity contribution is 7.80. The summed E-state index contributed by atoms with van der Waals surface area (Å²) in [7, 11) is 0. The fourth-order valence-electron chi connectivity index (χ4n) is 0.947. The third-order valence-corrected chi connectivity index (χ3v) is 2.20. The van der Waals surface area contributed by atoms with Crippen LogP contribution in [0.3, 0.4) is 0 Å². The molecule has 0 bridgehead atoms. The molecule has 4 heteroatoms. The van der Waals surface area contributed by atoms with Gasteiger partial charge in [0, 0.05) is 5.56 Å². The van der Waals surface area contributed by atoms with Crippen LogP contribution in [0.25, 0.3) is 0 Å². The van der Waals surface area contributed by atoms with Gasteiger partial charge in [-0.3, -0.25) is 4.79 Å². The largest absolute Gasteiger partial charge is 0.426 e. The lowest BCUT2D eigenvalue weighted by Gasteiger charge is -2.16. The van der Waals surface area contributed by atoms with Gasteiger partial charge in [0.2, 0.25) is 0 Å². The zero-order valence-electron chi connectivity index (χ0n) is 9.61. The molecule has 0 fully saturated rings. The van der Waals surface area contributed by atoms with Gasteiger partial charge in [-0.15, -0.1) is 0 Å². The average molecular weight is 237 g/mol. The molecule has 0 amide bonds. The van der Waals surface area contributed by atoms with Crippen LogP contribution in [0.5, 0.6) is 5.75 Å². The molecule has 0 aromatic heterocycles. The molecule has 1 aromatic carbocycles. The lowest BCUT2D eigenvalue weighted by Crippen LogP contribution is -2.25. The maximum atomic E-state index is 11.6. The number of ether oxygens (including phenoxy) is 1. The van der Waals surface area contributed by atoms with E-state index in [1.54, 1.807) is 45.0 Å². The minimum atomic E-state index is -0.512. The van der Waals surface area contributed by atoms with Crippen molar-refractivity contribution < 1.29 is 9.53 Å². The molecule has 86 valence electrons. The van der Waals surface area contributed by atoms with E-state index in [-0.39, 0.29) is 5.97 Å². The molecule has 0 unspecified atom stereocenters. The van der Waals surface area contributed by atoms with Gasteiger partial charge in [-0.1, -0.05) is 12.2 Å². The van der Waals surface area contributed by atoms with Gasteiger partial charge in [0.1, 0.15) is 10.7 Å². The van der Waals surface area contributed by atoms with Crippen LogP contribution in [0.15, 0.2) is 24.3 Å². The predicted molar refractivity (Wildman–Crippen MR) is 67.4 cm³/mol. The van der Waals surface area contributed by atoms with Crippen molar-refractivity contribution in [2.45, 2.75) is 20.8 Å². The van der Waals surface area contributed by atoms with Crippen LogP contribution in [-0.4, -0.2) is 11.0 Å².